The second-order valence-corrected chi connectivity index (χ2v) is 4.43. The Hall–Kier alpha value is -1.30. The molecule has 0 aromatic carbocycles. The number of urea groups is 1. The monoisotopic (exact) mass is 244 g/mol. The molecule has 1 aliphatic carbocycles. The van der Waals surface area contributed by atoms with E-state index in [2.05, 4.69) is 5.32 Å². The molecule has 0 saturated heterocycles. The van der Waals surface area contributed by atoms with Crippen LogP contribution in [0, 0.1) is 0 Å². The Balaban J connectivity index is 2.57. The van der Waals surface area contributed by atoms with Crippen molar-refractivity contribution in [2.45, 2.75) is 51.3 Å². The number of nitrogens with zero attached hydrogens (tertiary/aromatic N) is 1. The quantitative estimate of drug-likeness (QED) is 0.631. The third kappa shape index (κ3) is 3.89. The minimum absolute atomic E-state index is 0.235. The second-order valence-electron chi connectivity index (χ2n) is 4.43. The van der Waals surface area contributed by atoms with E-state index >= 15 is 0 Å². The molecule has 1 fully saturated rings. The molecule has 17 heavy (non-hydrogen) atoms. The van der Waals surface area contributed by atoms with Crippen LogP contribution in [0.25, 0.3) is 0 Å². The van der Waals surface area contributed by atoms with Crippen LogP contribution in [0.1, 0.15) is 33.1 Å². The third-order valence-corrected chi connectivity index (χ3v) is 2.74. The normalized spacial score (nSPS) is 18.3. The van der Waals surface area contributed by atoms with Gasteiger partial charge >= 0.3 is 12.0 Å². The van der Waals surface area contributed by atoms with Crippen molar-refractivity contribution < 1.29 is 19.8 Å². The summed E-state index contributed by atoms with van der Waals surface area (Å²) in [6.07, 6.45) is 1.66. The summed E-state index contributed by atoms with van der Waals surface area (Å²) in [5, 5.41) is 20.5. The zero-order valence-corrected chi connectivity index (χ0v) is 10.2. The summed E-state index contributed by atoms with van der Waals surface area (Å²) in [6, 6.07) is -1.42. The highest BCUT2D eigenvalue weighted by Crippen LogP contribution is 2.26. The Morgan fingerprint density at radius 3 is 2.41 bits per heavy atom. The van der Waals surface area contributed by atoms with Gasteiger partial charge in [0.2, 0.25) is 0 Å². The molecule has 0 heterocycles. The van der Waals surface area contributed by atoms with Gasteiger partial charge in [0.15, 0.2) is 6.04 Å². The van der Waals surface area contributed by atoms with Gasteiger partial charge in [-0.15, -0.1) is 0 Å². The van der Waals surface area contributed by atoms with E-state index in [1.54, 1.807) is 4.90 Å². The maximum Gasteiger partial charge on any atom is 0.328 e. The number of hydrogen-bond donors (Lipinski definition) is 3. The van der Waals surface area contributed by atoms with Gasteiger partial charge in [-0.3, -0.25) is 0 Å². The van der Waals surface area contributed by atoms with Crippen molar-refractivity contribution in [3.63, 3.8) is 0 Å². The van der Waals surface area contributed by atoms with E-state index in [4.69, 9.17) is 5.11 Å². The van der Waals surface area contributed by atoms with Crippen LogP contribution >= 0.6 is 0 Å². The molecule has 6 heteroatoms. The average Bonchev–Trinajstić information content (AvgIpc) is 3.04. The fourth-order valence-corrected chi connectivity index (χ4v) is 1.68. The summed E-state index contributed by atoms with van der Waals surface area (Å²) >= 11 is 0. The molecule has 3 N–H and O–H groups in total. The Morgan fingerprint density at radius 1 is 1.47 bits per heavy atom. The molecular weight excluding hydrogens is 224 g/mol. The van der Waals surface area contributed by atoms with E-state index < -0.39 is 24.1 Å². The molecule has 0 aliphatic heterocycles. The third-order valence-electron chi connectivity index (χ3n) is 2.74. The Kier molecular flexibility index (Phi) is 4.74. The Labute approximate surface area is 101 Å². The first-order valence-electron chi connectivity index (χ1n) is 5.95. The van der Waals surface area contributed by atoms with Crippen molar-refractivity contribution in [1.82, 2.24) is 10.2 Å². The number of aliphatic carboxylic acids is 1. The SMILES string of the molecule is CCCN(C(=O)N[C@H](C(=O)O)[C@@H](C)O)C1CC1. The molecule has 0 spiro atoms. The highest BCUT2D eigenvalue weighted by Gasteiger charge is 2.34. The van der Waals surface area contributed by atoms with E-state index in [-0.39, 0.29) is 6.04 Å². The number of aliphatic hydroxyl groups is 1. The molecule has 0 bridgehead atoms. The standard InChI is InChI=1S/C11H20N2O4/c1-3-6-13(8-4-5-8)11(17)12-9(7(2)14)10(15)16/h7-9,14H,3-6H2,1-2H3,(H,12,17)(H,15,16)/t7-,9+/m1/s1. The predicted molar refractivity (Wildman–Crippen MR) is 61.7 cm³/mol. The van der Waals surface area contributed by atoms with E-state index in [1.807, 2.05) is 6.92 Å². The van der Waals surface area contributed by atoms with E-state index in [0.717, 1.165) is 19.3 Å². The first kappa shape index (κ1) is 13.8. The highest BCUT2D eigenvalue weighted by atomic mass is 16.4. The number of rotatable bonds is 6. The predicted octanol–water partition coefficient (Wildman–Crippen LogP) is 0.404. The summed E-state index contributed by atoms with van der Waals surface area (Å²) in [7, 11) is 0. The van der Waals surface area contributed by atoms with E-state index in [1.165, 1.54) is 6.92 Å². The van der Waals surface area contributed by atoms with Gasteiger partial charge in [0.1, 0.15) is 0 Å². The maximum atomic E-state index is 11.9. The lowest BCUT2D eigenvalue weighted by molar-refractivity contribution is -0.141. The number of hydrogen-bond acceptors (Lipinski definition) is 3. The van der Waals surface area contributed by atoms with Crippen LogP contribution in [-0.4, -0.2) is 51.8 Å². The summed E-state index contributed by atoms with van der Waals surface area (Å²) in [5.74, 6) is -1.22. The van der Waals surface area contributed by atoms with Gasteiger partial charge in [-0.1, -0.05) is 6.92 Å². The van der Waals surface area contributed by atoms with Crippen LogP contribution in [0.2, 0.25) is 0 Å². The summed E-state index contributed by atoms with van der Waals surface area (Å²) in [4.78, 5) is 24.4. The Bertz CT molecular complexity index is 289. The fraction of sp³-hybridized carbons (Fsp3) is 0.818. The summed E-state index contributed by atoms with van der Waals surface area (Å²) in [5.41, 5.74) is 0. The van der Waals surface area contributed by atoms with Crippen LogP contribution in [0.3, 0.4) is 0 Å². The molecule has 0 aromatic rings. The largest absolute Gasteiger partial charge is 0.480 e. The van der Waals surface area contributed by atoms with Crippen molar-refractivity contribution in [3.8, 4) is 0 Å². The van der Waals surface area contributed by atoms with Gasteiger partial charge in [0, 0.05) is 12.6 Å². The van der Waals surface area contributed by atoms with Gasteiger partial charge in [0.05, 0.1) is 6.10 Å². The molecule has 98 valence electrons. The number of carbonyl (C=O) groups is 2. The number of carboxylic acids is 1. The van der Waals surface area contributed by atoms with Gasteiger partial charge in [-0.25, -0.2) is 9.59 Å². The lowest BCUT2D eigenvalue weighted by atomic mass is 10.2. The second kappa shape index (κ2) is 5.86. The average molecular weight is 244 g/mol. The Morgan fingerprint density at radius 2 is 2.06 bits per heavy atom. The zero-order valence-electron chi connectivity index (χ0n) is 10.2. The topological polar surface area (TPSA) is 89.9 Å². The van der Waals surface area contributed by atoms with Crippen LogP contribution < -0.4 is 5.32 Å². The van der Waals surface area contributed by atoms with Crippen molar-refractivity contribution in [2.75, 3.05) is 6.54 Å². The van der Waals surface area contributed by atoms with Gasteiger partial charge in [-0.05, 0) is 26.2 Å². The number of aliphatic hydroxyl groups excluding tert-OH is 1. The highest BCUT2D eigenvalue weighted by molar-refractivity contribution is 5.83. The van der Waals surface area contributed by atoms with Crippen molar-refractivity contribution in [3.05, 3.63) is 0 Å². The molecule has 6 nitrogen and oxygen atoms in total. The molecule has 1 saturated carbocycles. The van der Waals surface area contributed by atoms with Gasteiger partial charge in [-0.2, -0.15) is 0 Å². The molecule has 0 aromatic heterocycles. The lowest BCUT2D eigenvalue weighted by Gasteiger charge is -2.25. The first-order valence-corrected chi connectivity index (χ1v) is 5.95. The smallest absolute Gasteiger partial charge is 0.328 e. The fourth-order valence-electron chi connectivity index (χ4n) is 1.68. The molecule has 0 unspecified atom stereocenters. The van der Waals surface area contributed by atoms with Gasteiger partial charge in [0.25, 0.3) is 0 Å². The number of carbonyl (C=O) groups excluding carboxylic acids is 1. The number of nitrogens with one attached hydrogen (secondary N) is 1. The molecular formula is C11H20N2O4. The molecule has 1 aliphatic rings. The number of carboxylic acid groups (broad SMARTS) is 1. The lowest BCUT2D eigenvalue weighted by Crippen LogP contribution is -2.53. The van der Waals surface area contributed by atoms with Crippen molar-refractivity contribution >= 4 is 12.0 Å². The number of amides is 2. The summed E-state index contributed by atoms with van der Waals surface area (Å²) < 4.78 is 0. The van der Waals surface area contributed by atoms with Crippen LogP contribution in [-0.2, 0) is 4.79 Å². The molecule has 0 radical (unpaired) electrons. The van der Waals surface area contributed by atoms with E-state index in [0.29, 0.717) is 6.54 Å². The van der Waals surface area contributed by atoms with Gasteiger partial charge < -0.3 is 20.4 Å². The van der Waals surface area contributed by atoms with E-state index in [9.17, 15) is 14.7 Å². The van der Waals surface area contributed by atoms with Crippen LogP contribution in [0.15, 0.2) is 0 Å². The first-order chi connectivity index (χ1) is 7.97. The minimum Gasteiger partial charge on any atom is -0.480 e. The molecule has 2 amide bonds. The maximum absolute atomic E-state index is 11.9. The van der Waals surface area contributed by atoms with Crippen molar-refractivity contribution in [2.24, 2.45) is 0 Å². The van der Waals surface area contributed by atoms with Crippen LogP contribution in [0.4, 0.5) is 4.79 Å². The van der Waals surface area contributed by atoms with Crippen LogP contribution in [0.5, 0.6) is 0 Å². The van der Waals surface area contributed by atoms with Crippen molar-refractivity contribution in [1.29, 1.82) is 0 Å². The zero-order chi connectivity index (χ0) is 13.0. The molecule has 1 rings (SSSR count). The molecule has 2 atom stereocenters. The summed E-state index contributed by atoms with van der Waals surface area (Å²) in [6.45, 7) is 3.93. The minimum atomic E-state index is -1.25.